The number of nitrogens with zero attached hydrogens (tertiary/aromatic N) is 2. The zero-order chi connectivity index (χ0) is 37.1. The van der Waals surface area contributed by atoms with Gasteiger partial charge in [0.15, 0.2) is 0 Å². The van der Waals surface area contributed by atoms with Crippen LogP contribution in [0.2, 0.25) is 0 Å². The van der Waals surface area contributed by atoms with E-state index < -0.39 is 85.7 Å². The number of imide groups is 1. The number of carbonyl (C=O) groups excluding carboxylic acids is 3. The lowest BCUT2D eigenvalue weighted by Crippen LogP contribution is -2.51. The summed E-state index contributed by atoms with van der Waals surface area (Å²) in [6.07, 6.45) is -5.94. The Hall–Kier alpha value is -4.81. The number of anilines is 1. The molecule has 1 saturated heterocycles. The number of halogens is 7. The van der Waals surface area contributed by atoms with E-state index in [0.717, 1.165) is 36.7 Å². The molecule has 0 aliphatic carbocycles. The van der Waals surface area contributed by atoms with Gasteiger partial charge >= 0.3 is 18.4 Å². The number of nitrogens with one attached hydrogen (secondary N) is 2. The van der Waals surface area contributed by atoms with Gasteiger partial charge in [-0.3, -0.25) is 9.78 Å². The number of hydrogen-bond donors (Lipinski definition) is 3. The second-order valence-corrected chi connectivity index (χ2v) is 11.4. The van der Waals surface area contributed by atoms with Crippen molar-refractivity contribution in [3.05, 3.63) is 95.1 Å². The minimum absolute atomic E-state index is 0.0217. The third-order valence-corrected chi connectivity index (χ3v) is 7.76. The molecule has 51 heavy (non-hydrogen) atoms. The minimum Gasteiger partial charge on any atom is -0.448 e. The van der Waals surface area contributed by atoms with Gasteiger partial charge in [0.2, 0.25) is 0 Å². The molecule has 18 heteroatoms. The highest BCUT2D eigenvalue weighted by molar-refractivity contribution is 6.15. The summed E-state index contributed by atoms with van der Waals surface area (Å²) in [5, 5.41) is 4.59. The van der Waals surface area contributed by atoms with Crippen molar-refractivity contribution in [2.24, 2.45) is 5.73 Å². The molecule has 3 aromatic rings. The molecule has 0 bridgehead atoms. The number of morpholine rings is 1. The van der Waals surface area contributed by atoms with Gasteiger partial charge in [-0.15, -0.1) is 0 Å². The zero-order valence-electron chi connectivity index (χ0n) is 26.8. The Kier molecular flexibility index (Phi) is 13.7. The predicted octanol–water partition coefficient (Wildman–Crippen LogP) is 4.68. The molecule has 2 aromatic carbocycles. The standard InChI is InChI=1S/C33H34F7N5O6/c34-11-12-49-32(48)45(30(46)29(41)28(19-1-5-21(35)6-2-19)20-3-7-22(36)8-4-20)27-15-42-14-26(37)25(27)10-9-24-13-43-23(16-50-24)17-51-31(47)44-18-33(38,39)40/h1-8,14-15,23-24,28-29,43H,9-13,16-18,41H2,(H,44,47)/t23-,24+,29-/m0/s1. The number of hydrogen-bond acceptors (Lipinski definition) is 9. The predicted molar refractivity (Wildman–Crippen MR) is 167 cm³/mol. The van der Waals surface area contributed by atoms with Crippen molar-refractivity contribution in [1.82, 2.24) is 15.6 Å². The van der Waals surface area contributed by atoms with E-state index in [1.807, 2.05) is 0 Å². The van der Waals surface area contributed by atoms with Crippen molar-refractivity contribution in [3.8, 4) is 0 Å². The van der Waals surface area contributed by atoms with Crippen LogP contribution in [0.5, 0.6) is 0 Å². The average Bonchev–Trinajstić information content (AvgIpc) is 3.10. The summed E-state index contributed by atoms with van der Waals surface area (Å²) in [5.74, 6) is -4.28. The maximum Gasteiger partial charge on any atom is 0.421 e. The molecule has 0 unspecified atom stereocenters. The fourth-order valence-corrected chi connectivity index (χ4v) is 5.29. The Balaban J connectivity index is 1.52. The summed E-state index contributed by atoms with van der Waals surface area (Å²) in [6, 6.07) is 7.73. The maximum absolute atomic E-state index is 15.4. The highest BCUT2D eigenvalue weighted by Crippen LogP contribution is 2.32. The molecule has 2 heterocycles. The third kappa shape index (κ3) is 11.1. The van der Waals surface area contributed by atoms with E-state index in [4.69, 9.17) is 19.9 Å². The molecule has 1 aliphatic rings. The highest BCUT2D eigenvalue weighted by atomic mass is 19.4. The Labute approximate surface area is 287 Å². The van der Waals surface area contributed by atoms with Gasteiger partial charge < -0.3 is 30.6 Å². The van der Waals surface area contributed by atoms with Crippen LogP contribution in [0.1, 0.15) is 29.0 Å². The van der Waals surface area contributed by atoms with Gasteiger partial charge in [0, 0.05) is 18.0 Å². The monoisotopic (exact) mass is 729 g/mol. The topological polar surface area (TPSA) is 145 Å². The van der Waals surface area contributed by atoms with E-state index in [9.17, 15) is 40.7 Å². The number of pyridine rings is 1. The molecule has 0 saturated carbocycles. The number of ether oxygens (including phenoxy) is 3. The van der Waals surface area contributed by atoms with E-state index in [1.54, 1.807) is 5.32 Å². The molecule has 0 spiro atoms. The summed E-state index contributed by atoms with van der Waals surface area (Å²) < 4.78 is 108. The number of carbonyl (C=O) groups is 3. The van der Waals surface area contributed by atoms with Crippen LogP contribution in [0.15, 0.2) is 60.9 Å². The Bertz CT molecular complexity index is 1580. The number of aromatic nitrogens is 1. The SMILES string of the molecule is N[C@H](C(=O)N(C(=O)OCCF)c1cncc(F)c1CC[C@@H]1CN[C@H](COC(=O)NCC(F)(F)F)CO1)C(c1ccc(F)cc1)c1ccc(F)cc1. The lowest BCUT2D eigenvalue weighted by Gasteiger charge is -2.31. The highest BCUT2D eigenvalue weighted by Gasteiger charge is 2.37. The van der Waals surface area contributed by atoms with E-state index >= 15 is 4.39 Å². The first kappa shape index (κ1) is 39.0. The van der Waals surface area contributed by atoms with Crippen LogP contribution in [0.3, 0.4) is 0 Å². The molecule has 276 valence electrons. The maximum atomic E-state index is 15.4. The van der Waals surface area contributed by atoms with Gasteiger partial charge in [0.05, 0.1) is 42.9 Å². The lowest BCUT2D eigenvalue weighted by molar-refractivity contribution is -0.124. The van der Waals surface area contributed by atoms with Crippen LogP contribution in [0.25, 0.3) is 0 Å². The van der Waals surface area contributed by atoms with E-state index in [-0.39, 0.29) is 43.9 Å². The van der Waals surface area contributed by atoms with Crippen molar-refractivity contribution >= 4 is 23.8 Å². The van der Waals surface area contributed by atoms with Crippen LogP contribution in [-0.4, -0.2) is 87.0 Å². The van der Waals surface area contributed by atoms with Gasteiger partial charge in [0.25, 0.3) is 5.91 Å². The number of alkyl halides is 4. The lowest BCUT2D eigenvalue weighted by atomic mass is 9.84. The number of rotatable bonds is 13. The first-order chi connectivity index (χ1) is 24.3. The molecule has 0 radical (unpaired) electrons. The Morgan fingerprint density at radius 2 is 1.63 bits per heavy atom. The van der Waals surface area contributed by atoms with Gasteiger partial charge in [-0.2, -0.15) is 13.2 Å². The molecule has 1 aliphatic heterocycles. The number of nitrogens with two attached hydrogens (primary N) is 1. The summed E-state index contributed by atoms with van der Waals surface area (Å²) in [7, 11) is 0. The molecule has 11 nitrogen and oxygen atoms in total. The van der Waals surface area contributed by atoms with Crippen LogP contribution in [-0.2, 0) is 25.4 Å². The number of amides is 3. The van der Waals surface area contributed by atoms with Crippen molar-refractivity contribution < 1.29 is 59.3 Å². The van der Waals surface area contributed by atoms with Crippen molar-refractivity contribution in [2.75, 3.05) is 44.5 Å². The molecule has 4 rings (SSSR count). The van der Waals surface area contributed by atoms with Crippen LogP contribution < -0.4 is 21.3 Å². The van der Waals surface area contributed by atoms with Gasteiger partial charge in [-0.25, -0.2) is 32.1 Å². The second-order valence-electron chi connectivity index (χ2n) is 11.4. The van der Waals surface area contributed by atoms with Crippen molar-refractivity contribution in [1.29, 1.82) is 0 Å². The largest absolute Gasteiger partial charge is 0.448 e. The van der Waals surface area contributed by atoms with Crippen molar-refractivity contribution in [2.45, 2.75) is 43.1 Å². The van der Waals surface area contributed by atoms with E-state index in [1.165, 1.54) is 24.3 Å². The van der Waals surface area contributed by atoms with E-state index in [2.05, 4.69) is 10.3 Å². The van der Waals surface area contributed by atoms with Crippen LogP contribution in [0.4, 0.5) is 46.0 Å². The van der Waals surface area contributed by atoms with Crippen molar-refractivity contribution in [3.63, 3.8) is 0 Å². The van der Waals surface area contributed by atoms with Crippen LogP contribution in [0, 0.1) is 17.5 Å². The minimum atomic E-state index is -4.60. The van der Waals surface area contributed by atoms with E-state index in [0.29, 0.717) is 16.0 Å². The first-order valence-electron chi connectivity index (χ1n) is 15.5. The summed E-state index contributed by atoms with van der Waals surface area (Å²) >= 11 is 0. The van der Waals surface area contributed by atoms with Gasteiger partial charge in [-0.1, -0.05) is 24.3 Å². The van der Waals surface area contributed by atoms with Gasteiger partial charge in [-0.05, 0) is 48.2 Å². The molecular formula is C33H34F7N5O6. The van der Waals surface area contributed by atoms with Gasteiger partial charge in [0.1, 0.15) is 43.9 Å². The molecular weight excluding hydrogens is 695 g/mol. The number of alkyl carbamates (subject to hydrolysis) is 1. The summed E-state index contributed by atoms with van der Waals surface area (Å²) in [5.41, 5.74) is 6.62. The molecule has 1 fully saturated rings. The van der Waals surface area contributed by atoms with Crippen LogP contribution >= 0.6 is 0 Å². The smallest absolute Gasteiger partial charge is 0.421 e. The average molecular weight is 730 g/mol. The second kappa shape index (κ2) is 17.9. The third-order valence-electron chi connectivity index (χ3n) is 7.76. The summed E-state index contributed by atoms with van der Waals surface area (Å²) in [4.78, 5) is 43.2. The fourth-order valence-electron chi connectivity index (χ4n) is 5.29. The number of benzene rings is 2. The quantitative estimate of drug-likeness (QED) is 0.214. The zero-order valence-corrected chi connectivity index (χ0v) is 26.8. The molecule has 3 atom stereocenters. The Morgan fingerprint density at radius 3 is 2.18 bits per heavy atom. The Morgan fingerprint density at radius 1 is 1.00 bits per heavy atom. The fraction of sp³-hybridized carbons (Fsp3) is 0.394. The molecule has 3 amide bonds. The molecule has 1 aromatic heterocycles. The summed E-state index contributed by atoms with van der Waals surface area (Å²) in [6.45, 7) is -3.56. The first-order valence-corrected chi connectivity index (χ1v) is 15.5. The molecule has 4 N–H and O–H groups in total. The normalized spacial score (nSPS) is 16.7.